The third-order valence-electron chi connectivity index (χ3n) is 3.54. The zero-order chi connectivity index (χ0) is 13.0. The Kier molecular flexibility index (Phi) is 4.39. The van der Waals surface area contributed by atoms with Crippen molar-refractivity contribution in [3.05, 3.63) is 11.3 Å². The van der Waals surface area contributed by atoms with E-state index < -0.39 is 0 Å². The van der Waals surface area contributed by atoms with Crippen LogP contribution in [0.2, 0.25) is 0 Å². The zero-order valence-corrected chi connectivity index (χ0v) is 11.8. The SMILES string of the molecule is CCNc1nc(N2CCCCC2)nc(C)c1CC. The van der Waals surface area contributed by atoms with E-state index >= 15 is 0 Å². The molecule has 0 aliphatic carbocycles. The molecule has 4 nitrogen and oxygen atoms in total. The van der Waals surface area contributed by atoms with Crippen LogP contribution >= 0.6 is 0 Å². The highest BCUT2D eigenvalue weighted by atomic mass is 15.3. The van der Waals surface area contributed by atoms with Gasteiger partial charge in [0.25, 0.3) is 0 Å². The molecule has 1 aromatic rings. The second-order valence-corrected chi connectivity index (χ2v) is 4.87. The molecule has 1 aromatic heterocycles. The Hall–Kier alpha value is -1.32. The predicted octanol–water partition coefficient (Wildman–Crippen LogP) is 2.77. The van der Waals surface area contributed by atoms with Crippen molar-refractivity contribution in [2.75, 3.05) is 29.9 Å². The van der Waals surface area contributed by atoms with Crippen molar-refractivity contribution in [1.82, 2.24) is 9.97 Å². The van der Waals surface area contributed by atoms with Crippen LogP contribution in [0.4, 0.5) is 11.8 Å². The molecule has 1 fully saturated rings. The summed E-state index contributed by atoms with van der Waals surface area (Å²) >= 11 is 0. The van der Waals surface area contributed by atoms with Gasteiger partial charge in [-0.15, -0.1) is 0 Å². The lowest BCUT2D eigenvalue weighted by atomic mass is 10.1. The van der Waals surface area contributed by atoms with E-state index in [2.05, 4.69) is 36.0 Å². The van der Waals surface area contributed by atoms with Crippen LogP contribution in [0, 0.1) is 6.92 Å². The van der Waals surface area contributed by atoms with Gasteiger partial charge < -0.3 is 10.2 Å². The first kappa shape index (κ1) is 13.1. The number of rotatable bonds is 4. The summed E-state index contributed by atoms with van der Waals surface area (Å²) in [6.45, 7) is 9.45. The number of piperidine rings is 1. The average molecular weight is 248 g/mol. The van der Waals surface area contributed by atoms with Gasteiger partial charge in [-0.1, -0.05) is 6.92 Å². The molecule has 0 saturated carbocycles. The minimum atomic E-state index is 0.903. The molecule has 0 unspecified atom stereocenters. The lowest BCUT2D eigenvalue weighted by Gasteiger charge is -2.27. The van der Waals surface area contributed by atoms with Crippen molar-refractivity contribution in [2.24, 2.45) is 0 Å². The lowest BCUT2D eigenvalue weighted by Crippen LogP contribution is -2.31. The molecule has 1 saturated heterocycles. The average Bonchev–Trinajstić information content (AvgIpc) is 2.40. The molecule has 1 aliphatic heterocycles. The number of hydrogen-bond donors (Lipinski definition) is 1. The molecule has 0 spiro atoms. The number of nitrogens with one attached hydrogen (secondary N) is 1. The normalized spacial score (nSPS) is 15.8. The number of aromatic nitrogens is 2. The van der Waals surface area contributed by atoms with Gasteiger partial charge in [0.05, 0.1) is 0 Å². The monoisotopic (exact) mass is 248 g/mol. The van der Waals surface area contributed by atoms with E-state index in [0.717, 1.165) is 43.5 Å². The summed E-state index contributed by atoms with van der Waals surface area (Å²) in [6, 6.07) is 0. The molecule has 2 heterocycles. The van der Waals surface area contributed by atoms with E-state index in [-0.39, 0.29) is 0 Å². The van der Waals surface area contributed by atoms with Gasteiger partial charge in [0.2, 0.25) is 5.95 Å². The van der Waals surface area contributed by atoms with Gasteiger partial charge in [-0.2, -0.15) is 4.98 Å². The molecule has 100 valence electrons. The Morgan fingerprint density at radius 1 is 1.11 bits per heavy atom. The van der Waals surface area contributed by atoms with Crippen molar-refractivity contribution >= 4 is 11.8 Å². The standard InChI is InChI=1S/C14H24N4/c1-4-12-11(3)16-14(17-13(12)15-5-2)18-9-7-6-8-10-18/h4-10H2,1-3H3,(H,15,16,17). The van der Waals surface area contributed by atoms with Crippen LogP contribution < -0.4 is 10.2 Å². The van der Waals surface area contributed by atoms with Crippen LogP contribution in [0.25, 0.3) is 0 Å². The van der Waals surface area contributed by atoms with Gasteiger partial charge in [0.15, 0.2) is 0 Å². The second kappa shape index (κ2) is 6.03. The molecule has 0 atom stereocenters. The summed E-state index contributed by atoms with van der Waals surface area (Å²) in [5, 5.41) is 3.37. The largest absolute Gasteiger partial charge is 0.370 e. The summed E-state index contributed by atoms with van der Waals surface area (Å²) in [5.74, 6) is 1.92. The van der Waals surface area contributed by atoms with Crippen LogP contribution in [0.15, 0.2) is 0 Å². The third-order valence-corrected chi connectivity index (χ3v) is 3.54. The molecular formula is C14H24N4. The molecule has 1 N–H and O–H groups in total. The quantitative estimate of drug-likeness (QED) is 0.889. The molecule has 1 aliphatic rings. The third kappa shape index (κ3) is 2.74. The molecule has 0 aromatic carbocycles. The molecule has 4 heteroatoms. The Balaban J connectivity index is 2.30. The fraction of sp³-hybridized carbons (Fsp3) is 0.714. The van der Waals surface area contributed by atoms with Crippen molar-refractivity contribution in [1.29, 1.82) is 0 Å². The first-order valence-corrected chi connectivity index (χ1v) is 7.12. The summed E-state index contributed by atoms with van der Waals surface area (Å²) in [7, 11) is 0. The Morgan fingerprint density at radius 3 is 2.44 bits per heavy atom. The Morgan fingerprint density at radius 2 is 1.83 bits per heavy atom. The smallest absolute Gasteiger partial charge is 0.227 e. The zero-order valence-electron chi connectivity index (χ0n) is 11.8. The van der Waals surface area contributed by atoms with E-state index in [4.69, 9.17) is 4.98 Å². The maximum atomic E-state index is 4.72. The van der Waals surface area contributed by atoms with Crippen LogP contribution in [-0.2, 0) is 6.42 Å². The molecule has 0 radical (unpaired) electrons. The van der Waals surface area contributed by atoms with Crippen LogP contribution in [0.5, 0.6) is 0 Å². The predicted molar refractivity (Wildman–Crippen MR) is 76.4 cm³/mol. The molecular weight excluding hydrogens is 224 g/mol. The van der Waals surface area contributed by atoms with Crippen LogP contribution in [0.1, 0.15) is 44.4 Å². The van der Waals surface area contributed by atoms with Gasteiger partial charge in [-0.3, -0.25) is 0 Å². The number of aryl methyl sites for hydroxylation is 1. The van der Waals surface area contributed by atoms with E-state index in [1.54, 1.807) is 0 Å². The van der Waals surface area contributed by atoms with Crippen molar-refractivity contribution < 1.29 is 0 Å². The molecule has 18 heavy (non-hydrogen) atoms. The maximum absolute atomic E-state index is 4.72. The van der Waals surface area contributed by atoms with E-state index in [9.17, 15) is 0 Å². The molecule has 0 amide bonds. The first-order valence-electron chi connectivity index (χ1n) is 7.12. The van der Waals surface area contributed by atoms with Crippen molar-refractivity contribution in [3.63, 3.8) is 0 Å². The van der Waals surface area contributed by atoms with Crippen LogP contribution in [0.3, 0.4) is 0 Å². The highest BCUT2D eigenvalue weighted by Crippen LogP contribution is 2.22. The first-order chi connectivity index (χ1) is 8.76. The second-order valence-electron chi connectivity index (χ2n) is 4.87. The van der Waals surface area contributed by atoms with Gasteiger partial charge in [0, 0.05) is 30.9 Å². The van der Waals surface area contributed by atoms with Gasteiger partial charge in [0.1, 0.15) is 5.82 Å². The minimum absolute atomic E-state index is 0.903. The minimum Gasteiger partial charge on any atom is -0.370 e. The van der Waals surface area contributed by atoms with E-state index in [1.807, 2.05) is 0 Å². The van der Waals surface area contributed by atoms with Crippen molar-refractivity contribution in [2.45, 2.75) is 46.5 Å². The fourth-order valence-electron chi connectivity index (χ4n) is 2.55. The van der Waals surface area contributed by atoms with Crippen molar-refractivity contribution in [3.8, 4) is 0 Å². The fourth-order valence-corrected chi connectivity index (χ4v) is 2.55. The number of anilines is 2. The highest BCUT2D eigenvalue weighted by Gasteiger charge is 2.16. The van der Waals surface area contributed by atoms with E-state index in [1.165, 1.54) is 24.8 Å². The summed E-state index contributed by atoms with van der Waals surface area (Å²) in [5.41, 5.74) is 2.36. The Labute approximate surface area is 110 Å². The van der Waals surface area contributed by atoms with Gasteiger partial charge in [-0.25, -0.2) is 4.98 Å². The molecule has 2 rings (SSSR count). The topological polar surface area (TPSA) is 41.1 Å². The summed E-state index contributed by atoms with van der Waals surface area (Å²) < 4.78 is 0. The molecule has 0 bridgehead atoms. The Bertz CT molecular complexity index is 397. The number of hydrogen-bond acceptors (Lipinski definition) is 4. The highest BCUT2D eigenvalue weighted by molar-refractivity contribution is 5.51. The van der Waals surface area contributed by atoms with Gasteiger partial charge >= 0.3 is 0 Å². The lowest BCUT2D eigenvalue weighted by molar-refractivity contribution is 0.567. The number of nitrogens with zero attached hydrogens (tertiary/aromatic N) is 3. The van der Waals surface area contributed by atoms with E-state index in [0.29, 0.717) is 0 Å². The van der Waals surface area contributed by atoms with Gasteiger partial charge in [-0.05, 0) is 39.5 Å². The van der Waals surface area contributed by atoms with Crippen LogP contribution in [-0.4, -0.2) is 29.6 Å². The maximum Gasteiger partial charge on any atom is 0.227 e. The summed E-state index contributed by atoms with van der Waals surface area (Å²) in [6.07, 6.45) is 4.83. The summed E-state index contributed by atoms with van der Waals surface area (Å²) in [4.78, 5) is 11.7.